The topological polar surface area (TPSA) is 29.3 Å². The van der Waals surface area contributed by atoms with Gasteiger partial charge in [-0.3, -0.25) is 0 Å². The highest BCUT2D eigenvalue weighted by atomic mass is 35.5. The van der Waals surface area contributed by atoms with Crippen molar-refractivity contribution in [2.45, 2.75) is 31.7 Å². The third-order valence-electron chi connectivity index (χ3n) is 5.06. The number of halogens is 2. The van der Waals surface area contributed by atoms with E-state index in [-0.39, 0.29) is 6.04 Å². The highest BCUT2D eigenvalue weighted by molar-refractivity contribution is 6.35. The van der Waals surface area contributed by atoms with Crippen molar-refractivity contribution in [2.75, 3.05) is 19.6 Å². The number of hydrogen-bond acceptors (Lipinski definition) is 2. The number of rotatable bonds is 6. The summed E-state index contributed by atoms with van der Waals surface area (Å²) >= 11 is 12.2. The fraction of sp³-hybridized carbons (Fsp3) is 0.429. The van der Waals surface area contributed by atoms with Crippen molar-refractivity contribution in [3.63, 3.8) is 0 Å². The van der Waals surface area contributed by atoms with Crippen LogP contribution in [0.4, 0.5) is 0 Å². The molecule has 0 aliphatic carbocycles. The smallest absolute Gasteiger partial charge is 0.0453 e. The molecule has 2 nitrogen and oxygen atoms in total. The molecule has 2 N–H and O–H groups in total. The van der Waals surface area contributed by atoms with Crippen LogP contribution in [-0.4, -0.2) is 30.6 Å². The number of hydrogen-bond donors (Lipinski definition) is 1. The van der Waals surface area contributed by atoms with Crippen molar-refractivity contribution in [1.29, 1.82) is 0 Å². The highest BCUT2D eigenvalue weighted by Crippen LogP contribution is 2.24. The zero-order chi connectivity index (χ0) is 17.6. The monoisotopic (exact) mass is 376 g/mol. The molecule has 1 heterocycles. The maximum Gasteiger partial charge on any atom is 0.0453 e. The molecule has 3 rings (SSSR count). The Hall–Kier alpha value is -1.06. The summed E-state index contributed by atoms with van der Waals surface area (Å²) in [5.74, 6) is 0.792. The van der Waals surface area contributed by atoms with E-state index < -0.39 is 0 Å². The predicted octanol–water partition coefficient (Wildman–Crippen LogP) is 4.82. The summed E-state index contributed by atoms with van der Waals surface area (Å²) in [4.78, 5) is 2.50. The molecule has 2 aromatic rings. The molecule has 1 unspecified atom stereocenters. The first kappa shape index (κ1) is 18.7. The van der Waals surface area contributed by atoms with E-state index in [0.717, 1.165) is 37.5 Å². The van der Waals surface area contributed by atoms with E-state index in [9.17, 15) is 0 Å². The molecule has 0 bridgehead atoms. The molecule has 2 aromatic carbocycles. The third kappa shape index (κ3) is 5.72. The summed E-state index contributed by atoms with van der Waals surface area (Å²) < 4.78 is 0. The van der Waals surface area contributed by atoms with Crippen LogP contribution in [0.25, 0.3) is 0 Å². The van der Waals surface area contributed by atoms with E-state index >= 15 is 0 Å². The van der Waals surface area contributed by atoms with Crippen LogP contribution in [0, 0.1) is 5.92 Å². The van der Waals surface area contributed by atoms with E-state index in [1.807, 2.05) is 12.1 Å². The van der Waals surface area contributed by atoms with Crippen LogP contribution in [0.1, 0.15) is 24.0 Å². The Kier molecular flexibility index (Phi) is 6.77. The van der Waals surface area contributed by atoms with Crippen LogP contribution in [-0.2, 0) is 12.8 Å². The minimum atomic E-state index is 0.101. The molecule has 0 saturated carbocycles. The van der Waals surface area contributed by atoms with Crippen LogP contribution in [0.15, 0.2) is 48.5 Å². The molecular weight excluding hydrogens is 351 g/mol. The van der Waals surface area contributed by atoms with Gasteiger partial charge in [0, 0.05) is 22.6 Å². The lowest BCUT2D eigenvalue weighted by molar-refractivity contribution is 0.175. The summed E-state index contributed by atoms with van der Waals surface area (Å²) in [6.45, 7) is 3.20. The molecule has 134 valence electrons. The number of benzene rings is 2. The first-order valence-electron chi connectivity index (χ1n) is 9.06. The largest absolute Gasteiger partial charge is 0.326 e. The second-order valence-corrected chi connectivity index (χ2v) is 7.98. The van der Waals surface area contributed by atoms with Gasteiger partial charge in [0.25, 0.3) is 0 Å². The van der Waals surface area contributed by atoms with Gasteiger partial charge in [0.2, 0.25) is 0 Å². The van der Waals surface area contributed by atoms with Gasteiger partial charge in [-0.1, -0.05) is 59.6 Å². The predicted molar refractivity (Wildman–Crippen MR) is 107 cm³/mol. The standard InChI is InChI=1S/C21H26Cl2N2/c22-19-7-6-18(21(23)14-19)13-20(24)15-25-10-8-17(9-11-25)12-16-4-2-1-3-5-16/h1-7,14,17,20H,8-13,15,24H2. The van der Waals surface area contributed by atoms with Gasteiger partial charge in [0.1, 0.15) is 0 Å². The van der Waals surface area contributed by atoms with Gasteiger partial charge in [-0.2, -0.15) is 0 Å². The SMILES string of the molecule is NC(Cc1ccc(Cl)cc1Cl)CN1CCC(Cc2ccccc2)CC1. The summed E-state index contributed by atoms with van der Waals surface area (Å²) in [6, 6.07) is 16.6. The molecule has 25 heavy (non-hydrogen) atoms. The summed E-state index contributed by atoms with van der Waals surface area (Å²) in [5.41, 5.74) is 8.90. The van der Waals surface area contributed by atoms with Crippen LogP contribution in [0.2, 0.25) is 10.0 Å². The Morgan fingerprint density at radius 1 is 1.04 bits per heavy atom. The van der Waals surface area contributed by atoms with E-state index in [1.165, 1.54) is 24.8 Å². The van der Waals surface area contributed by atoms with Crippen molar-refractivity contribution in [3.8, 4) is 0 Å². The Morgan fingerprint density at radius 3 is 2.44 bits per heavy atom. The normalized spacial score (nSPS) is 17.6. The van der Waals surface area contributed by atoms with Crippen LogP contribution >= 0.6 is 23.2 Å². The van der Waals surface area contributed by atoms with Crippen LogP contribution < -0.4 is 5.73 Å². The van der Waals surface area contributed by atoms with Crippen molar-refractivity contribution in [3.05, 3.63) is 69.7 Å². The van der Waals surface area contributed by atoms with Crippen LogP contribution in [0.5, 0.6) is 0 Å². The van der Waals surface area contributed by atoms with E-state index in [4.69, 9.17) is 28.9 Å². The van der Waals surface area contributed by atoms with Gasteiger partial charge in [0.15, 0.2) is 0 Å². The fourth-order valence-corrected chi connectivity index (χ4v) is 4.17. The molecule has 4 heteroatoms. The van der Waals surface area contributed by atoms with Gasteiger partial charge in [0.05, 0.1) is 0 Å². The first-order chi connectivity index (χ1) is 12.1. The number of likely N-dealkylation sites (tertiary alicyclic amines) is 1. The van der Waals surface area contributed by atoms with Crippen molar-refractivity contribution in [2.24, 2.45) is 11.7 Å². The Bertz CT molecular complexity index is 667. The minimum absolute atomic E-state index is 0.101. The van der Waals surface area contributed by atoms with Gasteiger partial charge >= 0.3 is 0 Å². The van der Waals surface area contributed by atoms with Crippen LogP contribution in [0.3, 0.4) is 0 Å². The van der Waals surface area contributed by atoms with Gasteiger partial charge in [-0.05, 0) is 68.0 Å². The van der Waals surface area contributed by atoms with E-state index in [2.05, 4.69) is 35.2 Å². The fourth-order valence-electron chi connectivity index (χ4n) is 3.69. The van der Waals surface area contributed by atoms with Gasteiger partial charge < -0.3 is 10.6 Å². The maximum atomic E-state index is 6.37. The Labute approximate surface area is 160 Å². The summed E-state index contributed by atoms with van der Waals surface area (Å²) in [5, 5.41) is 1.38. The minimum Gasteiger partial charge on any atom is -0.326 e. The van der Waals surface area contributed by atoms with E-state index in [1.54, 1.807) is 6.07 Å². The van der Waals surface area contributed by atoms with Gasteiger partial charge in [-0.25, -0.2) is 0 Å². The lowest BCUT2D eigenvalue weighted by Crippen LogP contribution is -2.43. The highest BCUT2D eigenvalue weighted by Gasteiger charge is 2.21. The molecular formula is C21H26Cl2N2. The molecule has 0 aromatic heterocycles. The molecule has 0 spiro atoms. The average molecular weight is 377 g/mol. The van der Waals surface area contributed by atoms with Crippen molar-refractivity contribution in [1.82, 2.24) is 4.90 Å². The lowest BCUT2D eigenvalue weighted by atomic mass is 9.90. The zero-order valence-electron chi connectivity index (χ0n) is 14.5. The third-order valence-corrected chi connectivity index (χ3v) is 5.65. The number of nitrogens with zero attached hydrogens (tertiary/aromatic N) is 1. The Morgan fingerprint density at radius 2 is 1.76 bits per heavy atom. The van der Waals surface area contributed by atoms with Crippen molar-refractivity contribution >= 4 is 23.2 Å². The lowest BCUT2D eigenvalue weighted by Gasteiger charge is -2.33. The second kappa shape index (κ2) is 9.05. The Balaban J connectivity index is 1.44. The second-order valence-electron chi connectivity index (χ2n) is 7.13. The maximum absolute atomic E-state index is 6.37. The summed E-state index contributed by atoms with van der Waals surface area (Å²) in [6.07, 6.45) is 4.49. The molecule has 0 amide bonds. The van der Waals surface area contributed by atoms with Crippen molar-refractivity contribution < 1.29 is 0 Å². The summed E-state index contributed by atoms with van der Waals surface area (Å²) in [7, 11) is 0. The first-order valence-corrected chi connectivity index (χ1v) is 9.81. The molecule has 1 saturated heterocycles. The molecule has 1 fully saturated rings. The molecule has 1 aliphatic rings. The van der Waals surface area contributed by atoms with E-state index in [0.29, 0.717) is 10.0 Å². The molecule has 0 radical (unpaired) electrons. The quantitative estimate of drug-likeness (QED) is 0.782. The number of piperidine rings is 1. The molecule has 1 atom stereocenters. The average Bonchev–Trinajstić information content (AvgIpc) is 2.60. The molecule has 1 aliphatic heterocycles. The zero-order valence-corrected chi connectivity index (χ0v) is 16.0. The number of nitrogens with two attached hydrogens (primary N) is 1. The van der Waals surface area contributed by atoms with Gasteiger partial charge in [-0.15, -0.1) is 0 Å².